The van der Waals surface area contributed by atoms with Gasteiger partial charge in [0.1, 0.15) is 0 Å². The van der Waals surface area contributed by atoms with Gasteiger partial charge in [0.25, 0.3) is 5.22 Å². The summed E-state index contributed by atoms with van der Waals surface area (Å²) in [7, 11) is 0. The third-order valence-corrected chi connectivity index (χ3v) is 3.18. The summed E-state index contributed by atoms with van der Waals surface area (Å²) < 4.78 is 10.0. The number of ether oxygens (including phenoxy) is 1. The SMILES string of the molecule is CCOC(=O)c1nnc(Sc2nc(C)cc(C(C)C)n2)o1. The predicted molar refractivity (Wildman–Crippen MR) is 75.2 cm³/mol. The number of aryl methyl sites for hydroxylation is 1. The van der Waals surface area contributed by atoms with E-state index in [1.54, 1.807) is 6.92 Å². The molecule has 0 fully saturated rings. The first-order chi connectivity index (χ1) is 9.99. The second-order valence-corrected chi connectivity index (χ2v) is 5.49. The van der Waals surface area contributed by atoms with Gasteiger partial charge in [0, 0.05) is 23.1 Å². The fourth-order valence-electron chi connectivity index (χ4n) is 1.51. The Morgan fingerprint density at radius 2 is 2.14 bits per heavy atom. The van der Waals surface area contributed by atoms with Gasteiger partial charge in [-0.15, -0.1) is 5.10 Å². The van der Waals surface area contributed by atoms with E-state index in [-0.39, 0.29) is 17.7 Å². The molecule has 0 amide bonds. The van der Waals surface area contributed by atoms with Crippen molar-refractivity contribution in [3.05, 3.63) is 23.3 Å². The Balaban J connectivity index is 2.17. The Kier molecular flexibility index (Phi) is 4.89. The molecule has 0 aliphatic carbocycles. The van der Waals surface area contributed by atoms with Crippen LogP contribution in [0, 0.1) is 6.92 Å². The average Bonchev–Trinajstić information content (AvgIpc) is 2.87. The fourth-order valence-corrected chi connectivity index (χ4v) is 2.21. The second-order valence-electron chi connectivity index (χ2n) is 4.57. The van der Waals surface area contributed by atoms with Gasteiger partial charge in [0.05, 0.1) is 6.61 Å². The monoisotopic (exact) mass is 308 g/mol. The van der Waals surface area contributed by atoms with Crippen LogP contribution in [0.1, 0.15) is 48.8 Å². The normalized spacial score (nSPS) is 10.9. The average molecular weight is 308 g/mol. The van der Waals surface area contributed by atoms with Gasteiger partial charge in [-0.1, -0.05) is 18.9 Å². The molecule has 7 nitrogen and oxygen atoms in total. The summed E-state index contributed by atoms with van der Waals surface area (Å²) in [6, 6.07) is 1.94. The van der Waals surface area contributed by atoms with E-state index in [4.69, 9.17) is 9.15 Å². The molecule has 2 aromatic heterocycles. The summed E-state index contributed by atoms with van der Waals surface area (Å²) in [5.74, 6) is -0.509. The first kappa shape index (κ1) is 15.4. The highest BCUT2D eigenvalue weighted by Crippen LogP contribution is 2.25. The quantitative estimate of drug-likeness (QED) is 0.615. The zero-order chi connectivity index (χ0) is 15.4. The van der Waals surface area contributed by atoms with Crippen LogP contribution in [0.3, 0.4) is 0 Å². The molecule has 0 atom stereocenters. The molecule has 0 aromatic carbocycles. The molecule has 2 rings (SSSR count). The lowest BCUT2D eigenvalue weighted by Crippen LogP contribution is -2.04. The number of hydrogen-bond donors (Lipinski definition) is 0. The van der Waals surface area contributed by atoms with E-state index in [1.165, 1.54) is 0 Å². The van der Waals surface area contributed by atoms with Gasteiger partial charge in [-0.3, -0.25) is 0 Å². The maximum absolute atomic E-state index is 11.4. The highest BCUT2D eigenvalue weighted by atomic mass is 32.2. The summed E-state index contributed by atoms with van der Waals surface area (Å²) in [5, 5.41) is 8.15. The lowest BCUT2D eigenvalue weighted by molar-refractivity contribution is 0.0475. The van der Waals surface area contributed by atoms with Crippen LogP contribution >= 0.6 is 11.8 Å². The summed E-state index contributed by atoms with van der Waals surface area (Å²) in [4.78, 5) is 20.2. The van der Waals surface area contributed by atoms with E-state index in [0.29, 0.717) is 11.1 Å². The minimum Gasteiger partial charge on any atom is -0.459 e. The molecule has 0 aliphatic rings. The standard InChI is InChI=1S/C13H16N4O3S/c1-5-19-11(18)10-16-17-13(20-10)21-12-14-8(4)6-9(15-12)7(2)3/h6-7H,5H2,1-4H3. The summed E-state index contributed by atoms with van der Waals surface area (Å²) in [6.07, 6.45) is 0. The van der Waals surface area contributed by atoms with Gasteiger partial charge in [-0.2, -0.15) is 0 Å². The largest absolute Gasteiger partial charge is 0.459 e. The smallest absolute Gasteiger partial charge is 0.396 e. The highest BCUT2D eigenvalue weighted by molar-refractivity contribution is 7.98. The molecule has 0 aliphatic heterocycles. The van der Waals surface area contributed by atoms with Crippen LogP contribution < -0.4 is 0 Å². The second kappa shape index (κ2) is 6.66. The molecular weight excluding hydrogens is 292 g/mol. The van der Waals surface area contributed by atoms with Crippen LogP contribution in [0.4, 0.5) is 0 Å². The number of rotatable bonds is 5. The number of carbonyl (C=O) groups excluding carboxylic acids is 1. The van der Waals surface area contributed by atoms with Crippen molar-refractivity contribution in [3.8, 4) is 0 Å². The molecule has 21 heavy (non-hydrogen) atoms. The maximum atomic E-state index is 11.4. The Bertz CT molecular complexity index is 642. The third kappa shape index (κ3) is 4.01. The lowest BCUT2D eigenvalue weighted by Gasteiger charge is -2.06. The first-order valence-corrected chi connectivity index (χ1v) is 7.35. The summed E-state index contributed by atoms with van der Waals surface area (Å²) in [6.45, 7) is 7.97. The van der Waals surface area contributed by atoms with E-state index in [9.17, 15) is 4.79 Å². The number of carbonyl (C=O) groups is 1. The number of aromatic nitrogens is 4. The minimum atomic E-state index is -0.634. The zero-order valence-corrected chi connectivity index (χ0v) is 13.1. The van der Waals surface area contributed by atoms with Crippen LogP contribution in [0.5, 0.6) is 0 Å². The molecule has 0 bridgehead atoms. The van der Waals surface area contributed by atoms with Crippen molar-refractivity contribution in [2.24, 2.45) is 0 Å². The molecule has 0 spiro atoms. The molecule has 0 unspecified atom stereocenters. The van der Waals surface area contributed by atoms with Gasteiger partial charge in [-0.05, 0) is 25.8 Å². The summed E-state index contributed by atoms with van der Waals surface area (Å²) in [5.41, 5.74) is 1.80. The molecule has 8 heteroatoms. The molecular formula is C13H16N4O3S. The van der Waals surface area contributed by atoms with Gasteiger partial charge < -0.3 is 9.15 Å². The van der Waals surface area contributed by atoms with E-state index < -0.39 is 5.97 Å². The minimum absolute atomic E-state index is 0.170. The molecule has 2 aromatic rings. The van der Waals surface area contributed by atoms with Crippen LogP contribution in [-0.2, 0) is 4.74 Å². The van der Waals surface area contributed by atoms with E-state index in [0.717, 1.165) is 23.1 Å². The van der Waals surface area contributed by atoms with Crippen molar-refractivity contribution in [2.45, 2.75) is 44.0 Å². The van der Waals surface area contributed by atoms with Crippen molar-refractivity contribution in [2.75, 3.05) is 6.61 Å². The van der Waals surface area contributed by atoms with Gasteiger partial charge in [-0.25, -0.2) is 14.8 Å². The molecule has 0 saturated carbocycles. The lowest BCUT2D eigenvalue weighted by atomic mass is 10.1. The zero-order valence-electron chi connectivity index (χ0n) is 12.3. The Labute approximate surface area is 126 Å². The van der Waals surface area contributed by atoms with Crippen LogP contribution in [0.2, 0.25) is 0 Å². The van der Waals surface area contributed by atoms with E-state index >= 15 is 0 Å². The van der Waals surface area contributed by atoms with Gasteiger partial charge >= 0.3 is 11.9 Å². The van der Waals surface area contributed by atoms with Crippen LogP contribution in [0.15, 0.2) is 20.9 Å². The Morgan fingerprint density at radius 1 is 1.38 bits per heavy atom. The van der Waals surface area contributed by atoms with Crippen LogP contribution in [-0.4, -0.2) is 32.7 Å². The van der Waals surface area contributed by atoms with Crippen molar-refractivity contribution in [3.63, 3.8) is 0 Å². The highest BCUT2D eigenvalue weighted by Gasteiger charge is 2.17. The first-order valence-electron chi connectivity index (χ1n) is 6.53. The maximum Gasteiger partial charge on any atom is 0.396 e. The predicted octanol–water partition coefficient (Wildman–Crippen LogP) is 2.62. The van der Waals surface area contributed by atoms with Gasteiger partial charge in [0.15, 0.2) is 5.16 Å². The Hall–Kier alpha value is -1.96. The van der Waals surface area contributed by atoms with Crippen molar-refractivity contribution in [1.82, 2.24) is 20.2 Å². The van der Waals surface area contributed by atoms with Crippen molar-refractivity contribution < 1.29 is 13.9 Å². The topological polar surface area (TPSA) is 91.0 Å². The van der Waals surface area contributed by atoms with Crippen LogP contribution in [0.25, 0.3) is 0 Å². The molecule has 2 heterocycles. The summed E-state index contributed by atoms with van der Waals surface area (Å²) >= 11 is 1.12. The third-order valence-electron chi connectivity index (χ3n) is 2.48. The van der Waals surface area contributed by atoms with Gasteiger partial charge in [0.2, 0.25) is 0 Å². The molecule has 0 saturated heterocycles. The van der Waals surface area contributed by atoms with Crippen molar-refractivity contribution >= 4 is 17.7 Å². The molecule has 0 radical (unpaired) electrons. The number of esters is 1. The molecule has 0 N–H and O–H groups in total. The van der Waals surface area contributed by atoms with Crippen molar-refractivity contribution in [1.29, 1.82) is 0 Å². The Morgan fingerprint density at radius 3 is 2.81 bits per heavy atom. The van der Waals surface area contributed by atoms with E-state index in [2.05, 4.69) is 34.0 Å². The number of nitrogens with zero attached hydrogens (tertiary/aromatic N) is 4. The molecule has 112 valence electrons. The fraction of sp³-hybridized carbons (Fsp3) is 0.462. The van der Waals surface area contributed by atoms with E-state index in [1.807, 2.05) is 13.0 Å². The number of hydrogen-bond acceptors (Lipinski definition) is 8.